The van der Waals surface area contributed by atoms with Gasteiger partial charge in [-0.1, -0.05) is 0 Å². The standard InChI is InChI=1S/C27H25F6N7O2/c28-26(29,30)19-7-8-36-22(13-19)37-25(42)17-3-1-16(2-4-17)24-38-23(20-14-35-9-11-40(20,24)34)18-5-6-21(27(31,32)33)39(15-18)10-12-41/h1-4,7-9,11,13-14,18,21,41H,5-6,10,12,15,34H2/p+1/t18-,21+,40?/m0/s1. The van der Waals surface area contributed by atoms with Crippen molar-refractivity contribution in [3.05, 3.63) is 83.1 Å². The molecular weight excluding hydrogens is 568 g/mol. The molecule has 1 amide bonds. The maximum Gasteiger partial charge on any atom is 0.416 e. The van der Waals surface area contributed by atoms with Crippen LogP contribution in [-0.4, -0.2) is 69.5 Å². The largest absolute Gasteiger partial charge is 0.416 e. The number of rotatable bonds is 6. The molecule has 1 saturated heterocycles. The number of hydrogen-bond donors (Lipinski definition) is 3. The number of piperidine rings is 1. The highest BCUT2D eigenvalue weighted by Crippen LogP contribution is 2.41. The number of benzene rings is 1. The predicted molar refractivity (Wildman–Crippen MR) is 141 cm³/mol. The SMILES string of the molecule is N[N+]12C=CN=CC1=C([C@H]1CC[C@H](C(F)(F)F)N(CCO)C1)N=C2c1ccc(C(=O)Nc2cc(C(F)(F)F)ccn2)cc1. The van der Waals surface area contributed by atoms with Gasteiger partial charge in [-0.2, -0.15) is 37.2 Å². The molecule has 2 aromatic rings. The number of amides is 1. The molecular formula is C27H26F6N7O2+. The van der Waals surface area contributed by atoms with Crippen molar-refractivity contribution in [3.63, 3.8) is 0 Å². The number of aliphatic imine (C=N–C) groups is 2. The fourth-order valence-corrected chi connectivity index (χ4v) is 5.35. The van der Waals surface area contributed by atoms with E-state index in [0.717, 1.165) is 18.3 Å². The van der Waals surface area contributed by atoms with E-state index in [-0.39, 0.29) is 37.3 Å². The third kappa shape index (κ3) is 5.72. The highest BCUT2D eigenvalue weighted by Gasteiger charge is 2.50. The molecule has 4 heterocycles. The van der Waals surface area contributed by atoms with E-state index < -0.39 is 47.0 Å². The van der Waals surface area contributed by atoms with E-state index in [1.807, 2.05) is 0 Å². The smallest absolute Gasteiger partial charge is 0.395 e. The van der Waals surface area contributed by atoms with E-state index in [1.165, 1.54) is 29.4 Å². The van der Waals surface area contributed by atoms with Crippen molar-refractivity contribution in [3.8, 4) is 0 Å². The van der Waals surface area contributed by atoms with Gasteiger partial charge in [-0.05, 0) is 49.2 Å². The quantitative estimate of drug-likeness (QED) is 0.263. The summed E-state index contributed by atoms with van der Waals surface area (Å²) in [5, 5.41) is 11.7. The van der Waals surface area contributed by atoms with Gasteiger partial charge in [0.15, 0.2) is 0 Å². The van der Waals surface area contributed by atoms with Crippen LogP contribution >= 0.6 is 0 Å². The van der Waals surface area contributed by atoms with Gasteiger partial charge in [0.2, 0.25) is 5.70 Å². The molecule has 4 N–H and O–H groups in total. The van der Waals surface area contributed by atoms with Crippen molar-refractivity contribution in [1.82, 2.24) is 9.88 Å². The van der Waals surface area contributed by atoms with E-state index in [1.54, 1.807) is 18.3 Å². The lowest BCUT2D eigenvalue weighted by Crippen LogP contribution is -2.53. The summed E-state index contributed by atoms with van der Waals surface area (Å²) in [7, 11) is 0. The zero-order chi connectivity index (χ0) is 30.3. The fraction of sp³-hybridized carbons (Fsp3) is 0.333. The number of nitrogens with zero attached hydrogens (tertiary/aromatic N) is 5. The van der Waals surface area contributed by atoms with Gasteiger partial charge in [0.25, 0.3) is 11.7 Å². The molecule has 0 spiro atoms. The number of nitrogens with two attached hydrogens (primary N) is 1. The number of β-amino-alcohol motifs (C(OH)–C–C–N with tert-alkyl or cyclic N) is 1. The normalized spacial score (nSPS) is 24.5. The fourth-order valence-electron chi connectivity index (χ4n) is 5.35. The summed E-state index contributed by atoms with van der Waals surface area (Å²) in [4.78, 5) is 26.6. The molecule has 3 aliphatic rings. The van der Waals surface area contributed by atoms with Crippen LogP contribution < -0.4 is 11.2 Å². The number of aromatic nitrogens is 1. The lowest BCUT2D eigenvalue weighted by molar-refractivity contribution is -0.750. The number of quaternary nitrogens is 1. The van der Waals surface area contributed by atoms with E-state index in [4.69, 9.17) is 10.8 Å². The molecule has 5 rings (SSSR count). The van der Waals surface area contributed by atoms with Gasteiger partial charge in [-0.15, -0.1) is 4.59 Å². The lowest BCUT2D eigenvalue weighted by atomic mass is 9.89. The van der Waals surface area contributed by atoms with Crippen LogP contribution in [0.4, 0.5) is 32.2 Å². The van der Waals surface area contributed by atoms with Crippen molar-refractivity contribution in [2.45, 2.75) is 31.2 Å². The molecule has 15 heteroatoms. The van der Waals surface area contributed by atoms with Crippen LogP contribution in [0.25, 0.3) is 0 Å². The molecule has 1 unspecified atom stereocenters. The Morgan fingerprint density at radius 3 is 2.52 bits per heavy atom. The van der Waals surface area contributed by atoms with Crippen LogP contribution in [0.2, 0.25) is 0 Å². The molecule has 0 radical (unpaired) electrons. The number of anilines is 1. The Morgan fingerprint density at radius 2 is 1.86 bits per heavy atom. The molecule has 0 saturated carbocycles. The number of pyridine rings is 1. The minimum absolute atomic E-state index is 0.0145. The van der Waals surface area contributed by atoms with Gasteiger partial charge in [0.1, 0.15) is 23.8 Å². The van der Waals surface area contributed by atoms with Crippen LogP contribution in [0, 0.1) is 5.92 Å². The number of amidine groups is 1. The van der Waals surface area contributed by atoms with E-state index in [0.29, 0.717) is 22.8 Å². The molecule has 3 aliphatic heterocycles. The zero-order valence-electron chi connectivity index (χ0n) is 21.9. The average Bonchev–Trinajstić information content (AvgIpc) is 3.25. The highest BCUT2D eigenvalue weighted by molar-refractivity contribution is 6.05. The van der Waals surface area contributed by atoms with Gasteiger partial charge in [0, 0.05) is 30.8 Å². The number of fused-ring (bicyclic) bond motifs is 1. The number of halogens is 6. The number of likely N-dealkylation sites (tertiary alicyclic amines) is 1. The van der Waals surface area contributed by atoms with E-state index >= 15 is 0 Å². The molecule has 1 aromatic carbocycles. The molecule has 42 heavy (non-hydrogen) atoms. The Hall–Kier alpha value is -3.92. The van der Waals surface area contributed by atoms with Crippen LogP contribution in [0.1, 0.15) is 34.3 Å². The monoisotopic (exact) mass is 594 g/mol. The molecule has 0 aliphatic carbocycles. The second-order valence-corrected chi connectivity index (χ2v) is 10.1. The summed E-state index contributed by atoms with van der Waals surface area (Å²) in [6, 6.07) is 5.88. The number of allylic oxidation sites excluding steroid dienone is 1. The Labute approximate surface area is 235 Å². The lowest BCUT2D eigenvalue weighted by Gasteiger charge is -2.40. The van der Waals surface area contributed by atoms with Crippen molar-refractivity contribution in [2.75, 3.05) is 25.0 Å². The Balaban J connectivity index is 1.39. The summed E-state index contributed by atoms with van der Waals surface area (Å²) in [6.45, 7) is -0.554. The van der Waals surface area contributed by atoms with Gasteiger partial charge >= 0.3 is 12.4 Å². The molecule has 1 aromatic heterocycles. The summed E-state index contributed by atoms with van der Waals surface area (Å²) in [6.07, 6.45) is -3.49. The molecule has 1 fully saturated rings. The summed E-state index contributed by atoms with van der Waals surface area (Å²) in [5.74, 6) is 5.72. The summed E-state index contributed by atoms with van der Waals surface area (Å²) >= 11 is 0. The van der Waals surface area contributed by atoms with E-state index in [2.05, 4.69) is 15.3 Å². The van der Waals surface area contributed by atoms with Crippen LogP contribution in [-0.2, 0) is 6.18 Å². The Kier molecular flexibility index (Phi) is 7.78. The van der Waals surface area contributed by atoms with Gasteiger partial charge in [-0.25, -0.2) is 4.98 Å². The molecule has 0 bridgehead atoms. The molecule has 222 valence electrons. The van der Waals surface area contributed by atoms with Gasteiger partial charge in [0.05, 0.1) is 30.1 Å². The second kappa shape index (κ2) is 11.1. The van der Waals surface area contributed by atoms with Gasteiger partial charge < -0.3 is 10.4 Å². The second-order valence-electron chi connectivity index (χ2n) is 10.1. The maximum absolute atomic E-state index is 13.6. The van der Waals surface area contributed by atoms with Crippen molar-refractivity contribution >= 4 is 23.8 Å². The third-order valence-electron chi connectivity index (χ3n) is 7.39. The minimum atomic E-state index is -4.60. The summed E-state index contributed by atoms with van der Waals surface area (Å²) < 4.78 is 79.4. The first-order valence-electron chi connectivity index (χ1n) is 12.9. The van der Waals surface area contributed by atoms with Crippen molar-refractivity contribution in [1.29, 1.82) is 0 Å². The van der Waals surface area contributed by atoms with E-state index in [9.17, 15) is 36.2 Å². The average molecular weight is 595 g/mol. The van der Waals surface area contributed by atoms with Crippen LogP contribution in [0.5, 0.6) is 0 Å². The van der Waals surface area contributed by atoms with Crippen LogP contribution in [0.3, 0.4) is 0 Å². The Morgan fingerprint density at radius 1 is 1.12 bits per heavy atom. The first kappa shape index (κ1) is 29.6. The number of hydrogen-bond acceptors (Lipinski definition) is 7. The number of alkyl halides is 6. The van der Waals surface area contributed by atoms with Crippen molar-refractivity contribution < 1.29 is 40.8 Å². The van der Waals surface area contributed by atoms with Gasteiger partial charge in [-0.3, -0.25) is 14.7 Å². The number of carbonyl (C=O) groups is 1. The number of aliphatic hydroxyl groups excluding tert-OH is 1. The third-order valence-corrected chi connectivity index (χ3v) is 7.39. The van der Waals surface area contributed by atoms with Crippen LogP contribution in [0.15, 0.2) is 76.4 Å². The maximum atomic E-state index is 13.6. The molecule has 3 atom stereocenters. The first-order valence-corrected chi connectivity index (χ1v) is 12.9. The Bertz CT molecular complexity index is 1480. The highest BCUT2D eigenvalue weighted by atomic mass is 19.4. The summed E-state index contributed by atoms with van der Waals surface area (Å²) in [5.41, 5.74) is 0.665. The first-order chi connectivity index (χ1) is 19.8. The molecule has 9 nitrogen and oxygen atoms in total. The number of carbonyl (C=O) groups excluding carboxylic acids is 1. The van der Waals surface area contributed by atoms with Crippen molar-refractivity contribution in [2.24, 2.45) is 21.7 Å². The number of aliphatic hydroxyl groups is 1. The predicted octanol–water partition coefficient (Wildman–Crippen LogP) is 4.21. The minimum Gasteiger partial charge on any atom is -0.395 e. The number of nitrogens with one attached hydrogen (secondary N) is 1. The zero-order valence-corrected chi connectivity index (χ0v) is 21.9. The topological polar surface area (TPSA) is 116 Å².